The molecular formula is C18H15NO5S. The quantitative estimate of drug-likeness (QED) is 0.625. The Morgan fingerprint density at radius 1 is 1.24 bits per heavy atom. The number of carbonyl (C=O) groups is 1. The van der Waals surface area contributed by atoms with Crippen LogP contribution in [0.5, 0.6) is 11.5 Å². The first kappa shape index (κ1) is 15.7. The van der Waals surface area contributed by atoms with Crippen LogP contribution in [0.25, 0.3) is 10.8 Å². The molecule has 0 atom stereocenters. The lowest BCUT2D eigenvalue weighted by molar-refractivity contribution is -0.145. The Labute approximate surface area is 148 Å². The zero-order chi connectivity index (χ0) is 17.1. The van der Waals surface area contributed by atoms with Gasteiger partial charge in [0.1, 0.15) is 18.6 Å². The van der Waals surface area contributed by atoms with Crippen LogP contribution in [0.3, 0.4) is 0 Å². The zero-order valence-electron chi connectivity index (χ0n) is 13.3. The Kier molecular flexibility index (Phi) is 4.39. The molecule has 1 aliphatic heterocycles. The van der Waals surface area contributed by atoms with Crippen LogP contribution < -0.4 is 9.47 Å². The molecule has 3 aromatic rings. The average Bonchev–Trinajstić information content (AvgIpc) is 3.38. The molecule has 128 valence electrons. The van der Waals surface area contributed by atoms with E-state index in [4.69, 9.17) is 18.6 Å². The van der Waals surface area contributed by atoms with Crippen LogP contribution in [0.4, 0.5) is 0 Å². The normalized spacial score (nSPS) is 12.3. The molecule has 0 saturated carbocycles. The lowest BCUT2D eigenvalue weighted by Crippen LogP contribution is -2.06. The van der Waals surface area contributed by atoms with Crippen molar-refractivity contribution < 1.29 is 23.4 Å². The number of thiophene rings is 1. The zero-order valence-corrected chi connectivity index (χ0v) is 14.1. The first-order valence-electron chi connectivity index (χ1n) is 7.80. The average molecular weight is 357 g/mol. The van der Waals surface area contributed by atoms with Gasteiger partial charge in [-0.3, -0.25) is 4.79 Å². The van der Waals surface area contributed by atoms with Crippen molar-refractivity contribution in [3.63, 3.8) is 0 Å². The first-order chi connectivity index (χ1) is 12.3. The van der Waals surface area contributed by atoms with Crippen molar-refractivity contribution in [2.24, 2.45) is 0 Å². The van der Waals surface area contributed by atoms with Crippen LogP contribution in [0.15, 0.2) is 46.4 Å². The van der Waals surface area contributed by atoms with Gasteiger partial charge < -0.3 is 18.6 Å². The van der Waals surface area contributed by atoms with Crippen molar-refractivity contribution in [2.45, 2.75) is 19.4 Å². The molecule has 4 rings (SSSR count). The summed E-state index contributed by atoms with van der Waals surface area (Å²) in [5.74, 6) is 1.72. The molecule has 0 fully saturated rings. The van der Waals surface area contributed by atoms with Crippen LogP contribution in [0.1, 0.15) is 17.7 Å². The lowest BCUT2D eigenvalue weighted by atomic mass is 10.1. The molecule has 0 aliphatic carbocycles. The fourth-order valence-corrected chi connectivity index (χ4v) is 3.11. The number of hydrogen-bond donors (Lipinski definition) is 0. The van der Waals surface area contributed by atoms with Crippen LogP contribution in [-0.2, 0) is 22.6 Å². The van der Waals surface area contributed by atoms with E-state index in [0.717, 1.165) is 21.9 Å². The lowest BCUT2D eigenvalue weighted by Gasteiger charge is -2.04. The molecule has 2 aromatic heterocycles. The van der Waals surface area contributed by atoms with Crippen LogP contribution in [0.2, 0.25) is 0 Å². The van der Waals surface area contributed by atoms with Crippen molar-refractivity contribution >= 4 is 17.3 Å². The van der Waals surface area contributed by atoms with Crippen molar-refractivity contribution in [3.8, 4) is 22.3 Å². The van der Waals surface area contributed by atoms with E-state index in [2.05, 4.69) is 4.98 Å². The van der Waals surface area contributed by atoms with Gasteiger partial charge in [-0.05, 0) is 35.6 Å². The molecule has 0 amide bonds. The largest absolute Gasteiger partial charge is 0.459 e. The van der Waals surface area contributed by atoms with E-state index in [1.54, 1.807) is 11.3 Å². The van der Waals surface area contributed by atoms with Gasteiger partial charge in [0.25, 0.3) is 0 Å². The minimum Gasteiger partial charge on any atom is -0.459 e. The third-order valence-electron chi connectivity index (χ3n) is 3.72. The van der Waals surface area contributed by atoms with Gasteiger partial charge in [0.15, 0.2) is 11.5 Å². The Morgan fingerprint density at radius 2 is 2.16 bits per heavy atom. The van der Waals surface area contributed by atoms with Gasteiger partial charge in [0.05, 0.1) is 4.88 Å². The molecule has 25 heavy (non-hydrogen) atoms. The molecule has 7 heteroatoms. The minimum atomic E-state index is -0.279. The van der Waals surface area contributed by atoms with E-state index in [0.29, 0.717) is 18.0 Å². The maximum absolute atomic E-state index is 11.9. The molecule has 0 radical (unpaired) electrons. The fraction of sp³-hybridized carbons (Fsp3) is 0.222. The van der Waals surface area contributed by atoms with Crippen molar-refractivity contribution in [2.75, 3.05) is 6.79 Å². The molecule has 0 saturated heterocycles. The number of hydrogen-bond acceptors (Lipinski definition) is 7. The summed E-state index contributed by atoms with van der Waals surface area (Å²) in [6.07, 6.45) is 2.38. The van der Waals surface area contributed by atoms with Gasteiger partial charge in [-0.25, -0.2) is 4.98 Å². The number of aryl methyl sites for hydroxylation is 1. The van der Waals surface area contributed by atoms with Crippen molar-refractivity contribution in [3.05, 3.63) is 53.2 Å². The van der Waals surface area contributed by atoms with Crippen molar-refractivity contribution in [1.29, 1.82) is 0 Å². The van der Waals surface area contributed by atoms with Crippen LogP contribution in [0, 0.1) is 0 Å². The van der Waals surface area contributed by atoms with E-state index >= 15 is 0 Å². The summed E-state index contributed by atoms with van der Waals surface area (Å²) in [5.41, 5.74) is 1.60. The number of esters is 1. The summed E-state index contributed by atoms with van der Waals surface area (Å²) in [6.45, 7) is 0.348. The number of fused-ring (bicyclic) bond motifs is 1. The summed E-state index contributed by atoms with van der Waals surface area (Å²) >= 11 is 1.54. The highest BCUT2D eigenvalue weighted by Crippen LogP contribution is 2.32. The minimum absolute atomic E-state index is 0.106. The molecule has 0 bridgehead atoms. The first-order valence-corrected chi connectivity index (χ1v) is 8.68. The summed E-state index contributed by atoms with van der Waals surface area (Å²) in [6, 6.07) is 9.52. The molecule has 3 heterocycles. The Balaban J connectivity index is 1.27. The van der Waals surface area contributed by atoms with Crippen molar-refractivity contribution in [1.82, 2.24) is 4.98 Å². The van der Waals surface area contributed by atoms with E-state index in [9.17, 15) is 4.79 Å². The second-order valence-electron chi connectivity index (χ2n) is 5.47. The Morgan fingerprint density at radius 3 is 3.04 bits per heavy atom. The Bertz CT molecular complexity index is 871. The third kappa shape index (κ3) is 3.66. The maximum atomic E-state index is 11.9. The summed E-state index contributed by atoms with van der Waals surface area (Å²) < 4.78 is 21.2. The summed E-state index contributed by atoms with van der Waals surface area (Å²) in [4.78, 5) is 17.2. The number of oxazole rings is 1. The number of carbonyl (C=O) groups excluding carboxylic acids is 1. The smallest absolute Gasteiger partial charge is 0.306 e. The topological polar surface area (TPSA) is 70.8 Å². The SMILES string of the molecule is O=C(CCc1ccc2c(c1)OCO2)OCc1coc(-c2cccs2)n1. The molecule has 1 aliphatic rings. The van der Waals surface area contributed by atoms with Gasteiger partial charge in [-0.1, -0.05) is 12.1 Å². The number of nitrogens with zero attached hydrogens (tertiary/aromatic N) is 1. The standard InChI is InChI=1S/C18H15NO5S/c20-17(6-4-12-3-5-14-15(8-12)24-11-23-14)21-9-13-10-22-18(19-13)16-2-1-7-25-16/h1-3,5,7-8,10H,4,6,9,11H2. The van der Waals surface area contributed by atoms with E-state index in [-0.39, 0.29) is 25.8 Å². The van der Waals surface area contributed by atoms with Gasteiger partial charge in [-0.2, -0.15) is 0 Å². The maximum Gasteiger partial charge on any atom is 0.306 e. The fourth-order valence-electron chi connectivity index (χ4n) is 2.46. The van der Waals surface area contributed by atoms with Gasteiger partial charge in [0, 0.05) is 6.42 Å². The van der Waals surface area contributed by atoms with Crippen LogP contribution in [-0.4, -0.2) is 17.7 Å². The monoisotopic (exact) mass is 357 g/mol. The number of rotatable bonds is 6. The molecule has 6 nitrogen and oxygen atoms in total. The van der Waals surface area contributed by atoms with E-state index in [1.807, 2.05) is 35.7 Å². The molecule has 0 unspecified atom stereocenters. The highest BCUT2D eigenvalue weighted by molar-refractivity contribution is 7.13. The van der Waals surface area contributed by atoms with Gasteiger partial charge >= 0.3 is 5.97 Å². The number of benzene rings is 1. The molecular weight excluding hydrogens is 342 g/mol. The predicted octanol–water partition coefficient (Wildman–Crippen LogP) is 3.81. The predicted molar refractivity (Wildman–Crippen MR) is 90.5 cm³/mol. The Hall–Kier alpha value is -2.80. The second kappa shape index (κ2) is 6.98. The van der Waals surface area contributed by atoms with Gasteiger partial charge in [-0.15, -0.1) is 11.3 Å². The van der Waals surface area contributed by atoms with Gasteiger partial charge in [0.2, 0.25) is 12.7 Å². The highest BCUT2D eigenvalue weighted by Gasteiger charge is 2.14. The number of ether oxygens (including phenoxy) is 3. The second-order valence-corrected chi connectivity index (χ2v) is 6.42. The van der Waals surface area contributed by atoms with E-state index in [1.165, 1.54) is 6.26 Å². The molecule has 0 spiro atoms. The van der Waals surface area contributed by atoms with Crippen LogP contribution >= 0.6 is 11.3 Å². The third-order valence-corrected chi connectivity index (χ3v) is 4.58. The summed E-state index contributed by atoms with van der Waals surface area (Å²) in [7, 11) is 0. The molecule has 1 aromatic carbocycles. The number of aromatic nitrogens is 1. The van der Waals surface area contributed by atoms with E-state index < -0.39 is 0 Å². The molecule has 0 N–H and O–H groups in total. The summed E-state index contributed by atoms with van der Waals surface area (Å²) in [5, 5.41) is 1.95. The highest BCUT2D eigenvalue weighted by atomic mass is 32.1.